The molecule has 0 aliphatic carbocycles. The Morgan fingerprint density at radius 2 is 1.76 bits per heavy atom. The molecule has 1 aliphatic heterocycles. The maximum absolute atomic E-state index is 13.0. The molecule has 1 aromatic heterocycles. The van der Waals surface area contributed by atoms with Crippen molar-refractivity contribution < 1.29 is 17.6 Å². The highest BCUT2D eigenvalue weighted by atomic mass is 32.2. The van der Waals surface area contributed by atoms with Gasteiger partial charge in [0.1, 0.15) is 5.82 Å². The number of piperazine rings is 1. The summed E-state index contributed by atoms with van der Waals surface area (Å²) in [6.07, 6.45) is 3.26. The Hall–Kier alpha value is -2.03. The molecule has 2 heterocycles. The van der Waals surface area contributed by atoms with Crippen molar-refractivity contribution in [3.8, 4) is 0 Å². The average molecular weight is 380 g/mol. The molecule has 1 amide bonds. The van der Waals surface area contributed by atoms with Gasteiger partial charge in [-0.05, 0) is 52.7 Å². The van der Waals surface area contributed by atoms with E-state index in [1.807, 2.05) is 16.8 Å². The molecule has 5 nitrogen and oxygen atoms in total. The lowest BCUT2D eigenvalue weighted by atomic mass is 10.3. The van der Waals surface area contributed by atoms with Crippen LogP contribution in [0.1, 0.15) is 5.56 Å². The lowest BCUT2D eigenvalue weighted by Gasteiger charge is -2.33. The van der Waals surface area contributed by atoms with Gasteiger partial charge < -0.3 is 4.90 Å². The van der Waals surface area contributed by atoms with Gasteiger partial charge in [-0.25, -0.2) is 12.8 Å². The minimum atomic E-state index is -3.66. The van der Waals surface area contributed by atoms with Crippen LogP contribution in [0.2, 0.25) is 0 Å². The molecule has 25 heavy (non-hydrogen) atoms. The van der Waals surface area contributed by atoms with Crippen molar-refractivity contribution in [3.63, 3.8) is 0 Å². The zero-order valence-electron chi connectivity index (χ0n) is 13.3. The molecule has 3 rings (SSSR count). The number of halogens is 1. The van der Waals surface area contributed by atoms with E-state index >= 15 is 0 Å². The third kappa shape index (κ3) is 4.15. The number of benzene rings is 1. The molecule has 1 aromatic carbocycles. The van der Waals surface area contributed by atoms with Gasteiger partial charge in [0.05, 0.1) is 4.90 Å². The Bertz CT molecular complexity index is 854. The van der Waals surface area contributed by atoms with Crippen LogP contribution in [0.15, 0.2) is 52.1 Å². The number of sulfonamides is 1. The molecule has 0 spiro atoms. The number of thiophene rings is 1. The first-order valence-electron chi connectivity index (χ1n) is 7.72. The van der Waals surface area contributed by atoms with Crippen LogP contribution < -0.4 is 0 Å². The van der Waals surface area contributed by atoms with Crippen molar-refractivity contribution in [2.75, 3.05) is 26.2 Å². The summed E-state index contributed by atoms with van der Waals surface area (Å²) < 4.78 is 39.4. The summed E-state index contributed by atoms with van der Waals surface area (Å²) in [5.41, 5.74) is 0.968. The Kier molecular flexibility index (Phi) is 5.31. The van der Waals surface area contributed by atoms with E-state index in [9.17, 15) is 17.6 Å². The SMILES string of the molecule is O=C(C=Cc1ccsc1)N1CCN(S(=O)(=O)c2ccc(F)cc2)CC1. The van der Waals surface area contributed by atoms with Crippen molar-refractivity contribution in [1.29, 1.82) is 0 Å². The summed E-state index contributed by atoms with van der Waals surface area (Å²) in [5.74, 6) is -0.614. The summed E-state index contributed by atoms with van der Waals surface area (Å²) in [5, 5.41) is 3.88. The highest BCUT2D eigenvalue weighted by Crippen LogP contribution is 2.18. The topological polar surface area (TPSA) is 57.7 Å². The van der Waals surface area contributed by atoms with Gasteiger partial charge in [0.2, 0.25) is 15.9 Å². The second-order valence-electron chi connectivity index (χ2n) is 5.57. The summed E-state index contributed by atoms with van der Waals surface area (Å²) in [7, 11) is -3.66. The largest absolute Gasteiger partial charge is 0.337 e. The van der Waals surface area contributed by atoms with Crippen molar-refractivity contribution in [3.05, 3.63) is 58.5 Å². The first kappa shape index (κ1) is 17.8. The van der Waals surface area contributed by atoms with Crippen LogP contribution in [0.25, 0.3) is 6.08 Å². The summed E-state index contributed by atoms with van der Waals surface area (Å²) in [6, 6.07) is 6.68. The summed E-state index contributed by atoms with van der Waals surface area (Å²) >= 11 is 1.56. The van der Waals surface area contributed by atoms with Crippen LogP contribution in [0, 0.1) is 5.82 Å². The maximum atomic E-state index is 13.0. The van der Waals surface area contributed by atoms with E-state index in [1.165, 1.54) is 22.5 Å². The maximum Gasteiger partial charge on any atom is 0.246 e. The summed E-state index contributed by atoms with van der Waals surface area (Å²) in [6.45, 7) is 1.09. The fourth-order valence-corrected chi connectivity index (χ4v) is 4.60. The minimum absolute atomic E-state index is 0.0611. The molecular formula is C17H17FN2O3S2. The van der Waals surface area contributed by atoms with Crippen LogP contribution in [-0.2, 0) is 14.8 Å². The first-order valence-corrected chi connectivity index (χ1v) is 10.1. The van der Waals surface area contributed by atoms with Crippen LogP contribution in [0.3, 0.4) is 0 Å². The molecule has 1 fully saturated rings. The molecule has 8 heteroatoms. The third-order valence-electron chi connectivity index (χ3n) is 3.96. The standard InChI is InChI=1S/C17H17FN2O3S2/c18-15-2-4-16(5-3-15)25(22,23)20-10-8-19(9-11-20)17(21)6-1-14-7-12-24-13-14/h1-7,12-13H,8-11H2. The zero-order valence-corrected chi connectivity index (χ0v) is 15.0. The Balaban J connectivity index is 1.61. The molecule has 0 bridgehead atoms. The molecule has 1 saturated heterocycles. The predicted octanol–water partition coefficient (Wildman–Crippen LogP) is 2.43. The van der Waals surface area contributed by atoms with E-state index in [4.69, 9.17) is 0 Å². The number of amides is 1. The first-order chi connectivity index (χ1) is 12.0. The predicted molar refractivity (Wildman–Crippen MR) is 95.1 cm³/mol. The smallest absolute Gasteiger partial charge is 0.246 e. The summed E-state index contributed by atoms with van der Waals surface area (Å²) in [4.78, 5) is 13.9. The number of hydrogen-bond donors (Lipinski definition) is 0. The Labute approximate surface area is 150 Å². The quantitative estimate of drug-likeness (QED) is 0.766. The lowest BCUT2D eigenvalue weighted by molar-refractivity contribution is -0.127. The van der Waals surface area contributed by atoms with Gasteiger partial charge >= 0.3 is 0 Å². The second-order valence-corrected chi connectivity index (χ2v) is 8.29. The lowest BCUT2D eigenvalue weighted by Crippen LogP contribution is -2.50. The van der Waals surface area contributed by atoms with Crippen molar-refractivity contribution >= 4 is 33.3 Å². The fourth-order valence-electron chi connectivity index (χ4n) is 2.55. The Morgan fingerprint density at radius 1 is 1.08 bits per heavy atom. The molecule has 1 aliphatic rings. The number of hydrogen-bond acceptors (Lipinski definition) is 4. The van der Waals surface area contributed by atoms with Gasteiger partial charge in [0, 0.05) is 32.3 Å². The highest BCUT2D eigenvalue weighted by Gasteiger charge is 2.29. The van der Waals surface area contributed by atoms with E-state index in [0.29, 0.717) is 13.1 Å². The van der Waals surface area contributed by atoms with Gasteiger partial charge in [0.15, 0.2) is 0 Å². The van der Waals surface area contributed by atoms with Crippen molar-refractivity contribution in [2.45, 2.75) is 4.90 Å². The number of carbonyl (C=O) groups is 1. The monoisotopic (exact) mass is 380 g/mol. The van der Waals surface area contributed by atoms with Gasteiger partial charge in [-0.1, -0.05) is 0 Å². The molecular weight excluding hydrogens is 363 g/mol. The molecule has 0 atom stereocenters. The van der Waals surface area contributed by atoms with Gasteiger partial charge in [-0.3, -0.25) is 4.79 Å². The van der Waals surface area contributed by atoms with E-state index in [-0.39, 0.29) is 23.9 Å². The van der Waals surface area contributed by atoms with E-state index < -0.39 is 15.8 Å². The van der Waals surface area contributed by atoms with E-state index in [0.717, 1.165) is 17.7 Å². The molecule has 0 N–H and O–H groups in total. The normalized spacial score (nSPS) is 16.4. The van der Waals surface area contributed by atoms with Gasteiger partial charge in [0.25, 0.3) is 0 Å². The van der Waals surface area contributed by atoms with Crippen LogP contribution in [0.5, 0.6) is 0 Å². The van der Waals surface area contributed by atoms with E-state index in [1.54, 1.807) is 22.3 Å². The van der Waals surface area contributed by atoms with Crippen LogP contribution in [-0.4, -0.2) is 49.7 Å². The van der Waals surface area contributed by atoms with Crippen molar-refractivity contribution in [1.82, 2.24) is 9.21 Å². The second kappa shape index (κ2) is 7.47. The average Bonchev–Trinajstić information content (AvgIpc) is 3.14. The third-order valence-corrected chi connectivity index (χ3v) is 6.58. The molecule has 0 saturated carbocycles. The molecule has 132 valence electrons. The fraction of sp³-hybridized carbons (Fsp3) is 0.235. The number of carbonyl (C=O) groups excluding carboxylic acids is 1. The number of rotatable bonds is 4. The highest BCUT2D eigenvalue weighted by molar-refractivity contribution is 7.89. The minimum Gasteiger partial charge on any atom is -0.337 e. The van der Waals surface area contributed by atoms with Gasteiger partial charge in [-0.15, -0.1) is 0 Å². The number of nitrogens with zero attached hydrogens (tertiary/aromatic N) is 2. The van der Waals surface area contributed by atoms with Crippen LogP contribution >= 0.6 is 11.3 Å². The molecule has 2 aromatic rings. The molecule has 0 unspecified atom stereocenters. The molecule has 0 radical (unpaired) electrons. The Morgan fingerprint density at radius 3 is 2.36 bits per heavy atom. The zero-order chi connectivity index (χ0) is 17.9. The van der Waals surface area contributed by atoms with Crippen LogP contribution in [0.4, 0.5) is 4.39 Å². The van der Waals surface area contributed by atoms with Crippen molar-refractivity contribution in [2.24, 2.45) is 0 Å². The van der Waals surface area contributed by atoms with E-state index in [2.05, 4.69) is 0 Å². The van der Waals surface area contributed by atoms with Gasteiger partial charge in [-0.2, -0.15) is 15.6 Å².